The predicted octanol–water partition coefficient (Wildman–Crippen LogP) is 6.37. The first-order valence-electron chi connectivity index (χ1n) is 12.2. The third-order valence-electron chi connectivity index (χ3n) is 6.62. The number of amides is 1. The molecule has 2 N–H and O–H groups in total. The van der Waals surface area contributed by atoms with Crippen LogP contribution in [0.1, 0.15) is 16.7 Å². The summed E-state index contributed by atoms with van der Waals surface area (Å²) >= 11 is 6.65. The third kappa shape index (κ3) is 4.95. The van der Waals surface area contributed by atoms with Crippen LogP contribution in [0.5, 0.6) is 0 Å². The fraction of sp³-hybridized carbons (Fsp3) is 0.0323. The van der Waals surface area contributed by atoms with Gasteiger partial charge >= 0.3 is 5.97 Å². The number of fused-ring (bicyclic) bond motifs is 1. The number of aromatic nitrogens is 3. The first-order valence-corrected chi connectivity index (χ1v) is 12.6. The quantitative estimate of drug-likeness (QED) is 0.247. The Bertz CT molecular complexity index is 1730. The van der Waals surface area contributed by atoms with Gasteiger partial charge in [0.1, 0.15) is 12.7 Å². The molecule has 0 unspecified atom stereocenters. The minimum Gasteiger partial charge on any atom is -0.481 e. The summed E-state index contributed by atoms with van der Waals surface area (Å²) in [4.78, 5) is 27.7. The van der Waals surface area contributed by atoms with Gasteiger partial charge in [0, 0.05) is 16.7 Å². The number of carbonyl (C=O) groups excluding carboxylic acids is 1. The van der Waals surface area contributed by atoms with Gasteiger partial charge in [-0.05, 0) is 58.2 Å². The van der Waals surface area contributed by atoms with Crippen LogP contribution in [0.4, 0.5) is 5.69 Å². The van der Waals surface area contributed by atoms with Crippen LogP contribution < -0.4 is 5.32 Å². The molecule has 0 fully saturated rings. The number of benzene rings is 4. The van der Waals surface area contributed by atoms with E-state index in [0.29, 0.717) is 21.8 Å². The van der Waals surface area contributed by atoms with Crippen molar-refractivity contribution < 1.29 is 14.7 Å². The summed E-state index contributed by atoms with van der Waals surface area (Å²) < 4.78 is 1.71. The molecule has 1 aromatic heterocycles. The van der Waals surface area contributed by atoms with E-state index < -0.39 is 5.97 Å². The van der Waals surface area contributed by atoms with E-state index in [0.717, 1.165) is 39.1 Å². The molecule has 0 saturated heterocycles. The largest absolute Gasteiger partial charge is 0.481 e. The first-order chi connectivity index (χ1) is 18.9. The predicted molar refractivity (Wildman–Crippen MR) is 152 cm³/mol. The van der Waals surface area contributed by atoms with Crippen molar-refractivity contribution in [2.24, 2.45) is 0 Å². The molecule has 1 aliphatic rings. The molecule has 0 spiro atoms. The molecule has 8 heteroatoms. The van der Waals surface area contributed by atoms with Gasteiger partial charge in [0.15, 0.2) is 0 Å². The highest BCUT2D eigenvalue weighted by Gasteiger charge is 2.26. The maximum atomic E-state index is 12.8. The molecule has 0 aliphatic carbocycles. The molecule has 5 aromatic rings. The van der Waals surface area contributed by atoms with Crippen LogP contribution in [0.3, 0.4) is 0 Å². The van der Waals surface area contributed by atoms with Crippen molar-refractivity contribution in [1.82, 2.24) is 14.8 Å². The Hall–Kier alpha value is -5.01. The average molecular weight is 533 g/mol. The lowest BCUT2D eigenvalue weighted by atomic mass is 9.96. The summed E-state index contributed by atoms with van der Waals surface area (Å²) in [5.41, 5.74) is 8.27. The van der Waals surface area contributed by atoms with E-state index in [2.05, 4.69) is 15.4 Å². The summed E-state index contributed by atoms with van der Waals surface area (Å²) in [7, 11) is 0. The number of carboxylic acids is 1. The van der Waals surface area contributed by atoms with Crippen molar-refractivity contribution in [3.05, 3.63) is 119 Å². The van der Waals surface area contributed by atoms with E-state index in [9.17, 15) is 9.59 Å². The number of aliphatic carboxylic acids is 1. The van der Waals surface area contributed by atoms with Gasteiger partial charge in [-0.15, -0.1) is 0 Å². The van der Waals surface area contributed by atoms with Gasteiger partial charge in [0.25, 0.3) is 5.91 Å². The zero-order valence-electron chi connectivity index (χ0n) is 20.5. The fourth-order valence-electron chi connectivity index (χ4n) is 4.64. The van der Waals surface area contributed by atoms with E-state index in [1.54, 1.807) is 35.3 Å². The maximum Gasteiger partial charge on any atom is 0.307 e. The molecular weight excluding hydrogens is 512 g/mol. The van der Waals surface area contributed by atoms with Crippen molar-refractivity contribution in [2.75, 3.05) is 5.32 Å². The van der Waals surface area contributed by atoms with E-state index in [-0.39, 0.29) is 12.3 Å². The van der Waals surface area contributed by atoms with Gasteiger partial charge in [-0.1, -0.05) is 72.3 Å². The molecule has 39 heavy (non-hydrogen) atoms. The number of hydrogen-bond donors (Lipinski definition) is 2. The second-order valence-corrected chi connectivity index (χ2v) is 9.57. The van der Waals surface area contributed by atoms with E-state index in [1.165, 1.54) is 6.33 Å². The SMILES string of the molecule is O=C(O)Cc1ccc(C=C2C(=O)Nc3cc(Cl)c(-c4ccc(-c5ccc(-n6cncn6)cc5)cc4)cc32)cc1. The Morgan fingerprint density at radius 2 is 1.56 bits per heavy atom. The Balaban J connectivity index is 1.28. The van der Waals surface area contributed by atoms with Crippen LogP contribution in [0, 0.1) is 0 Å². The lowest BCUT2D eigenvalue weighted by Gasteiger charge is -2.10. The summed E-state index contributed by atoms with van der Waals surface area (Å²) in [5, 5.41) is 16.6. The number of halogens is 1. The molecule has 1 aliphatic heterocycles. The van der Waals surface area contributed by atoms with Crippen molar-refractivity contribution >= 4 is 40.8 Å². The monoisotopic (exact) mass is 532 g/mol. The van der Waals surface area contributed by atoms with Crippen LogP contribution in [0.2, 0.25) is 5.02 Å². The Morgan fingerprint density at radius 1 is 0.897 bits per heavy atom. The van der Waals surface area contributed by atoms with Crippen molar-refractivity contribution in [3.63, 3.8) is 0 Å². The lowest BCUT2D eigenvalue weighted by molar-refractivity contribution is -0.136. The number of nitrogens with zero attached hydrogens (tertiary/aromatic N) is 3. The van der Waals surface area contributed by atoms with Gasteiger partial charge in [-0.3, -0.25) is 9.59 Å². The van der Waals surface area contributed by atoms with Crippen LogP contribution in [-0.4, -0.2) is 31.7 Å². The average Bonchev–Trinajstić information content (AvgIpc) is 3.58. The summed E-state index contributed by atoms with van der Waals surface area (Å²) in [6.07, 6.45) is 4.92. The molecular formula is C31H21ClN4O3. The van der Waals surface area contributed by atoms with Crippen LogP contribution in [0.25, 0.3) is 39.6 Å². The molecule has 7 nitrogen and oxygen atoms in total. The standard InChI is InChI=1S/C31H21ClN4O3/c32-28-16-29-26(27(31(39)35-29)13-19-1-3-20(4-2-19)14-30(37)38)15-25(28)23-7-5-21(6-8-23)22-9-11-24(12-10-22)36-18-33-17-34-36/h1-13,15-18H,14H2,(H,35,39)(H,37,38). The highest BCUT2D eigenvalue weighted by molar-refractivity contribution is 6.38. The summed E-state index contributed by atoms with van der Waals surface area (Å²) in [6, 6.07) is 27.0. The Labute approximate surface area is 229 Å². The molecule has 4 aromatic carbocycles. The summed E-state index contributed by atoms with van der Waals surface area (Å²) in [6.45, 7) is 0. The molecule has 0 atom stereocenters. The third-order valence-corrected chi connectivity index (χ3v) is 6.93. The molecule has 0 bridgehead atoms. The minimum absolute atomic E-state index is 0.0465. The van der Waals surface area contributed by atoms with Crippen LogP contribution in [0.15, 0.2) is 97.6 Å². The first kappa shape index (κ1) is 24.3. The Kier molecular flexibility index (Phi) is 6.26. The molecule has 2 heterocycles. The topological polar surface area (TPSA) is 97.1 Å². The number of nitrogens with one attached hydrogen (secondary N) is 1. The second-order valence-electron chi connectivity index (χ2n) is 9.17. The second kappa shape index (κ2) is 10.0. The van der Waals surface area contributed by atoms with E-state index in [4.69, 9.17) is 16.7 Å². The molecule has 6 rings (SSSR count). The van der Waals surface area contributed by atoms with Gasteiger partial charge in [0.05, 0.1) is 22.8 Å². The maximum absolute atomic E-state index is 12.8. The zero-order chi connectivity index (χ0) is 26.9. The van der Waals surface area contributed by atoms with Gasteiger partial charge < -0.3 is 10.4 Å². The number of anilines is 1. The number of carboxylic acid groups (broad SMARTS) is 1. The molecule has 1 amide bonds. The van der Waals surface area contributed by atoms with Crippen LogP contribution in [-0.2, 0) is 16.0 Å². The van der Waals surface area contributed by atoms with Crippen molar-refractivity contribution in [1.29, 1.82) is 0 Å². The van der Waals surface area contributed by atoms with Crippen molar-refractivity contribution in [2.45, 2.75) is 6.42 Å². The molecule has 0 radical (unpaired) electrons. The van der Waals surface area contributed by atoms with Crippen molar-refractivity contribution in [3.8, 4) is 27.9 Å². The van der Waals surface area contributed by atoms with E-state index in [1.807, 2.05) is 66.7 Å². The number of carbonyl (C=O) groups is 2. The molecule has 190 valence electrons. The van der Waals surface area contributed by atoms with Gasteiger partial charge in [-0.25, -0.2) is 9.67 Å². The normalized spacial score (nSPS) is 13.4. The van der Waals surface area contributed by atoms with E-state index >= 15 is 0 Å². The smallest absolute Gasteiger partial charge is 0.307 e. The Morgan fingerprint density at radius 3 is 2.21 bits per heavy atom. The fourth-order valence-corrected chi connectivity index (χ4v) is 4.91. The zero-order valence-corrected chi connectivity index (χ0v) is 21.3. The van der Waals surface area contributed by atoms with Crippen LogP contribution >= 0.6 is 11.6 Å². The lowest BCUT2D eigenvalue weighted by Crippen LogP contribution is -2.03. The molecule has 0 saturated carbocycles. The minimum atomic E-state index is -0.885. The number of hydrogen-bond acceptors (Lipinski definition) is 4. The highest BCUT2D eigenvalue weighted by atomic mass is 35.5. The van der Waals surface area contributed by atoms with Gasteiger partial charge in [-0.2, -0.15) is 5.10 Å². The summed E-state index contributed by atoms with van der Waals surface area (Å²) in [5.74, 6) is -1.10. The van der Waals surface area contributed by atoms with Gasteiger partial charge in [0.2, 0.25) is 0 Å². The highest BCUT2D eigenvalue weighted by Crippen LogP contribution is 2.40. The number of rotatable bonds is 6.